The summed E-state index contributed by atoms with van der Waals surface area (Å²) in [6.07, 6.45) is 0.306. The summed E-state index contributed by atoms with van der Waals surface area (Å²) in [5.41, 5.74) is 6.51. The Kier molecular flexibility index (Phi) is 3.19. The fourth-order valence-electron chi connectivity index (χ4n) is 1.11. The van der Waals surface area contributed by atoms with Crippen LogP contribution >= 0.6 is 0 Å². The number of pyridine rings is 1. The maximum Gasteiger partial charge on any atom is 0.215 e. The fraction of sp³-hybridized carbons (Fsp3) is 0.444. The lowest BCUT2D eigenvalue weighted by molar-refractivity contribution is 0.349. The van der Waals surface area contributed by atoms with Gasteiger partial charge < -0.3 is 10.5 Å². The Bertz CT molecular complexity index is 291. The van der Waals surface area contributed by atoms with Crippen molar-refractivity contribution in [1.82, 2.24) is 4.98 Å². The van der Waals surface area contributed by atoms with Crippen molar-refractivity contribution in [2.45, 2.75) is 13.1 Å². The van der Waals surface area contributed by atoms with Crippen LogP contribution in [0.25, 0.3) is 0 Å². The standard InChI is InChI=1S/C9H13FN2O/c1-6-3-7(8(10)4-11)5-12-9(6)13-2/h3,5,8H,4,11H2,1-2H3. The molecule has 0 aliphatic heterocycles. The van der Waals surface area contributed by atoms with Gasteiger partial charge in [0.25, 0.3) is 0 Å². The molecular weight excluding hydrogens is 171 g/mol. The van der Waals surface area contributed by atoms with E-state index in [9.17, 15) is 4.39 Å². The number of aromatic nitrogens is 1. The van der Waals surface area contributed by atoms with Crippen LogP contribution in [0.1, 0.15) is 17.3 Å². The van der Waals surface area contributed by atoms with Gasteiger partial charge >= 0.3 is 0 Å². The topological polar surface area (TPSA) is 48.1 Å². The largest absolute Gasteiger partial charge is 0.481 e. The summed E-state index contributed by atoms with van der Waals surface area (Å²) in [6, 6.07) is 1.70. The molecule has 13 heavy (non-hydrogen) atoms. The van der Waals surface area contributed by atoms with Crippen LogP contribution in [0.4, 0.5) is 4.39 Å². The van der Waals surface area contributed by atoms with E-state index in [-0.39, 0.29) is 6.54 Å². The Labute approximate surface area is 76.7 Å². The number of aryl methyl sites for hydroxylation is 1. The van der Waals surface area contributed by atoms with E-state index >= 15 is 0 Å². The van der Waals surface area contributed by atoms with Gasteiger partial charge in [-0.2, -0.15) is 0 Å². The molecule has 1 unspecified atom stereocenters. The Hall–Kier alpha value is -1.16. The molecule has 0 amide bonds. The van der Waals surface area contributed by atoms with Crippen molar-refractivity contribution in [2.75, 3.05) is 13.7 Å². The summed E-state index contributed by atoms with van der Waals surface area (Å²) in [6.45, 7) is 1.80. The number of alkyl halides is 1. The zero-order valence-electron chi connectivity index (χ0n) is 7.75. The lowest BCUT2D eigenvalue weighted by Gasteiger charge is -2.08. The third-order valence-corrected chi connectivity index (χ3v) is 1.81. The predicted octanol–water partition coefficient (Wildman–Crippen LogP) is 1.37. The summed E-state index contributed by atoms with van der Waals surface area (Å²) >= 11 is 0. The first-order chi connectivity index (χ1) is 6.19. The van der Waals surface area contributed by atoms with Gasteiger partial charge in [-0.1, -0.05) is 0 Å². The fourth-order valence-corrected chi connectivity index (χ4v) is 1.11. The Balaban J connectivity index is 2.95. The molecule has 0 saturated heterocycles. The lowest BCUT2D eigenvalue weighted by atomic mass is 10.1. The molecule has 0 radical (unpaired) electrons. The van der Waals surface area contributed by atoms with Gasteiger partial charge in [0.15, 0.2) is 0 Å². The van der Waals surface area contributed by atoms with E-state index in [0.29, 0.717) is 11.4 Å². The summed E-state index contributed by atoms with van der Waals surface area (Å²) in [4.78, 5) is 3.95. The first-order valence-corrected chi connectivity index (χ1v) is 4.03. The van der Waals surface area contributed by atoms with E-state index in [0.717, 1.165) is 5.56 Å². The number of nitrogens with zero attached hydrogens (tertiary/aromatic N) is 1. The minimum absolute atomic E-state index is 0.0204. The molecule has 0 fully saturated rings. The van der Waals surface area contributed by atoms with Gasteiger partial charge in [0.1, 0.15) is 6.17 Å². The number of rotatable bonds is 3. The van der Waals surface area contributed by atoms with Gasteiger partial charge in [0, 0.05) is 23.9 Å². The maximum atomic E-state index is 13.1. The molecule has 0 aromatic carbocycles. The van der Waals surface area contributed by atoms with E-state index in [1.807, 2.05) is 6.92 Å². The normalized spacial score (nSPS) is 12.6. The average molecular weight is 184 g/mol. The maximum absolute atomic E-state index is 13.1. The molecule has 1 rings (SSSR count). The minimum atomic E-state index is -1.14. The van der Waals surface area contributed by atoms with Crippen LogP contribution in [0.5, 0.6) is 5.88 Å². The van der Waals surface area contributed by atoms with Crippen LogP contribution in [-0.4, -0.2) is 18.6 Å². The highest BCUT2D eigenvalue weighted by Gasteiger charge is 2.09. The summed E-state index contributed by atoms with van der Waals surface area (Å²) in [5.74, 6) is 0.521. The van der Waals surface area contributed by atoms with E-state index in [2.05, 4.69) is 4.98 Å². The molecule has 0 aliphatic rings. The zero-order chi connectivity index (χ0) is 9.84. The molecule has 0 saturated carbocycles. The lowest BCUT2D eigenvalue weighted by Crippen LogP contribution is -2.08. The molecule has 72 valence electrons. The third-order valence-electron chi connectivity index (χ3n) is 1.81. The molecule has 1 aromatic rings. The molecule has 3 nitrogen and oxygen atoms in total. The van der Waals surface area contributed by atoms with Gasteiger partial charge in [0.2, 0.25) is 5.88 Å². The van der Waals surface area contributed by atoms with E-state index < -0.39 is 6.17 Å². The molecule has 2 N–H and O–H groups in total. The Morgan fingerprint density at radius 1 is 1.69 bits per heavy atom. The number of nitrogens with two attached hydrogens (primary N) is 1. The van der Waals surface area contributed by atoms with Crippen LogP contribution in [0, 0.1) is 6.92 Å². The van der Waals surface area contributed by atoms with Crippen LogP contribution in [-0.2, 0) is 0 Å². The number of hydrogen-bond donors (Lipinski definition) is 1. The van der Waals surface area contributed by atoms with Gasteiger partial charge in [-0.05, 0) is 13.0 Å². The highest BCUT2D eigenvalue weighted by Crippen LogP contribution is 2.20. The Morgan fingerprint density at radius 3 is 2.85 bits per heavy atom. The first kappa shape index (κ1) is 9.92. The van der Waals surface area contributed by atoms with Crippen molar-refractivity contribution in [3.63, 3.8) is 0 Å². The quantitative estimate of drug-likeness (QED) is 0.771. The molecule has 4 heteroatoms. The van der Waals surface area contributed by atoms with E-state index in [1.54, 1.807) is 6.07 Å². The molecule has 1 heterocycles. The van der Waals surface area contributed by atoms with Crippen LogP contribution in [0.3, 0.4) is 0 Å². The van der Waals surface area contributed by atoms with Crippen molar-refractivity contribution in [3.8, 4) is 5.88 Å². The van der Waals surface area contributed by atoms with Gasteiger partial charge in [-0.25, -0.2) is 9.37 Å². The van der Waals surface area contributed by atoms with Gasteiger partial charge in [-0.15, -0.1) is 0 Å². The van der Waals surface area contributed by atoms with Gasteiger partial charge in [-0.3, -0.25) is 0 Å². The number of methoxy groups -OCH3 is 1. The van der Waals surface area contributed by atoms with E-state index in [4.69, 9.17) is 10.5 Å². The third kappa shape index (κ3) is 2.15. The Morgan fingerprint density at radius 2 is 2.38 bits per heavy atom. The van der Waals surface area contributed by atoms with Crippen molar-refractivity contribution in [1.29, 1.82) is 0 Å². The molecule has 0 spiro atoms. The molecule has 0 aliphatic carbocycles. The predicted molar refractivity (Wildman–Crippen MR) is 48.4 cm³/mol. The smallest absolute Gasteiger partial charge is 0.215 e. The summed E-state index contributed by atoms with van der Waals surface area (Å²) < 4.78 is 18.0. The SMILES string of the molecule is COc1ncc(C(F)CN)cc1C. The second kappa shape index (κ2) is 4.18. The molecule has 1 aromatic heterocycles. The highest BCUT2D eigenvalue weighted by molar-refractivity contribution is 5.29. The second-order valence-corrected chi connectivity index (χ2v) is 2.80. The molecular formula is C9H13FN2O. The number of ether oxygens (including phenoxy) is 1. The van der Waals surface area contributed by atoms with E-state index in [1.165, 1.54) is 13.3 Å². The van der Waals surface area contributed by atoms with Gasteiger partial charge in [0.05, 0.1) is 7.11 Å². The van der Waals surface area contributed by atoms with Crippen LogP contribution in [0.15, 0.2) is 12.3 Å². The van der Waals surface area contributed by atoms with Crippen LogP contribution < -0.4 is 10.5 Å². The first-order valence-electron chi connectivity index (χ1n) is 4.03. The second-order valence-electron chi connectivity index (χ2n) is 2.80. The average Bonchev–Trinajstić information content (AvgIpc) is 2.16. The molecule has 1 atom stereocenters. The summed E-state index contributed by atoms with van der Waals surface area (Å²) in [7, 11) is 1.53. The minimum Gasteiger partial charge on any atom is -0.481 e. The number of hydrogen-bond acceptors (Lipinski definition) is 3. The van der Waals surface area contributed by atoms with Crippen molar-refractivity contribution < 1.29 is 9.13 Å². The van der Waals surface area contributed by atoms with Crippen molar-refractivity contribution in [2.24, 2.45) is 5.73 Å². The number of halogens is 1. The zero-order valence-corrected chi connectivity index (χ0v) is 7.75. The molecule has 0 bridgehead atoms. The summed E-state index contributed by atoms with van der Waals surface area (Å²) in [5, 5.41) is 0. The monoisotopic (exact) mass is 184 g/mol. The van der Waals surface area contributed by atoms with Crippen LogP contribution in [0.2, 0.25) is 0 Å². The van der Waals surface area contributed by atoms with Crippen molar-refractivity contribution >= 4 is 0 Å². The van der Waals surface area contributed by atoms with Crippen molar-refractivity contribution in [3.05, 3.63) is 23.4 Å². The highest BCUT2D eigenvalue weighted by atomic mass is 19.1.